The molecule has 0 aliphatic heterocycles. The molecule has 10 heteroatoms. The molecular weight excluding hydrogens is 370 g/mol. The predicted molar refractivity (Wildman–Crippen MR) is 75.9 cm³/mol. The molecule has 2 atom stereocenters. The van der Waals surface area contributed by atoms with Crippen LogP contribution in [-0.2, 0) is 9.09 Å². The quantitative estimate of drug-likeness (QED) is 0.547. The molecule has 0 amide bonds. The molecule has 0 N–H and O–H groups in total. The first-order valence-corrected chi connectivity index (χ1v) is 8.22. The highest BCUT2D eigenvalue weighted by atomic mass is 31.2. The number of benzene rings is 2. The second-order valence-electron chi connectivity index (χ2n) is 4.87. The predicted octanol–water partition coefficient (Wildman–Crippen LogP) is 4.49. The lowest BCUT2D eigenvalue weighted by Crippen LogP contribution is -2.43. The van der Waals surface area contributed by atoms with E-state index in [9.17, 15) is 31.4 Å². The summed E-state index contributed by atoms with van der Waals surface area (Å²) in [5.74, 6) is -5.75. The van der Waals surface area contributed by atoms with Crippen molar-refractivity contribution in [1.82, 2.24) is 0 Å². The van der Waals surface area contributed by atoms with Gasteiger partial charge in [0.15, 0.2) is 6.10 Å². The highest BCUT2D eigenvalue weighted by Gasteiger charge is 2.64. The van der Waals surface area contributed by atoms with Crippen LogP contribution >= 0.6 is 7.82 Å². The Morgan fingerprint density at radius 3 is 1.84 bits per heavy atom. The van der Waals surface area contributed by atoms with Crippen molar-refractivity contribution in [3.05, 3.63) is 66.2 Å². The van der Waals surface area contributed by atoms with E-state index in [1.807, 2.05) is 0 Å². The summed E-state index contributed by atoms with van der Waals surface area (Å²) in [4.78, 5) is 11.8. The Kier molecular flexibility index (Phi) is 5.51. The van der Waals surface area contributed by atoms with E-state index in [-0.39, 0.29) is 5.75 Å². The average molecular weight is 381 g/mol. The summed E-state index contributed by atoms with van der Waals surface area (Å²) >= 11 is 0. The molecular formula is C15H11F5O4P-. The van der Waals surface area contributed by atoms with E-state index < -0.39 is 31.6 Å². The highest BCUT2D eigenvalue weighted by molar-refractivity contribution is 7.46. The Morgan fingerprint density at radius 1 is 0.880 bits per heavy atom. The Bertz CT molecular complexity index is 737. The lowest BCUT2D eigenvalue weighted by atomic mass is 10.0. The lowest BCUT2D eigenvalue weighted by molar-refractivity contribution is -0.319. The van der Waals surface area contributed by atoms with Gasteiger partial charge in [-0.05, 0) is 17.7 Å². The van der Waals surface area contributed by atoms with Gasteiger partial charge in [0.05, 0.1) is 0 Å². The standard InChI is InChI=1S/C15H12F5O4P/c16-14(17,15(18,19)20)13(11-7-3-1-4-8-11)24-25(21,22)23-12-9-5-2-6-10-12/h1-10,13H,(H,21,22)/p-1/t13-/m1/s1. The van der Waals surface area contributed by atoms with Gasteiger partial charge >= 0.3 is 19.9 Å². The summed E-state index contributed by atoms with van der Waals surface area (Å²) in [6.45, 7) is 0. The van der Waals surface area contributed by atoms with Crippen LogP contribution in [0.5, 0.6) is 5.75 Å². The van der Waals surface area contributed by atoms with Gasteiger partial charge in [-0.1, -0.05) is 48.5 Å². The molecule has 2 aromatic rings. The van der Waals surface area contributed by atoms with Crippen LogP contribution in [0.1, 0.15) is 11.7 Å². The number of hydrogen-bond donors (Lipinski definition) is 0. The highest BCUT2D eigenvalue weighted by Crippen LogP contribution is 2.53. The molecule has 0 saturated heterocycles. The van der Waals surface area contributed by atoms with Crippen molar-refractivity contribution in [3.8, 4) is 5.75 Å². The molecule has 0 heterocycles. The molecule has 0 aromatic heterocycles. The number of phosphoric acid groups is 1. The minimum absolute atomic E-state index is 0.289. The zero-order valence-electron chi connectivity index (χ0n) is 12.3. The molecule has 0 fully saturated rings. The molecule has 0 spiro atoms. The SMILES string of the molecule is O=P([O-])(Oc1ccccc1)O[C@H](c1ccccc1)C(F)(F)C(F)(F)F. The molecule has 0 bridgehead atoms. The largest absolute Gasteiger partial charge is 0.746 e. The fourth-order valence-corrected chi connectivity index (χ4v) is 2.81. The maximum Gasteiger partial charge on any atom is 0.456 e. The summed E-state index contributed by atoms with van der Waals surface area (Å²) < 4.78 is 86.1. The van der Waals surface area contributed by atoms with Crippen molar-refractivity contribution in [2.75, 3.05) is 0 Å². The first-order chi connectivity index (χ1) is 11.5. The number of halogens is 5. The average Bonchev–Trinajstić information content (AvgIpc) is 2.53. The summed E-state index contributed by atoms with van der Waals surface area (Å²) in [6, 6.07) is 12.1. The van der Waals surface area contributed by atoms with Crippen molar-refractivity contribution in [1.29, 1.82) is 0 Å². The Hall–Kier alpha value is -1.96. The summed E-state index contributed by atoms with van der Waals surface area (Å²) in [7, 11) is -5.53. The molecule has 2 rings (SSSR count). The molecule has 0 aliphatic carbocycles. The molecule has 25 heavy (non-hydrogen) atoms. The molecule has 1 unspecified atom stereocenters. The molecule has 0 radical (unpaired) electrons. The minimum atomic E-state index is -6.03. The number of para-hydroxylation sites is 1. The molecule has 136 valence electrons. The van der Waals surface area contributed by atoms with E-state index in [1.54, 1.807) is 0 Å². The molecule has 2 aromatic carbocycles. The molecule has 4 nitrogen and oxygen atoms in total. The number of alkyl halides is 5. The maximum atomic E-state index is 13.8. The van der Waals surface area contributed by atoms with Crippen LogP contribution in [-0.4, -0.2) is 12.1 Å². The van der Waals surface area contributed by atoms with Crippen LogP contribution in [0.3, 0.4) is 0 Å². The first kappa shape index (κ1) is 19.4. The lowest BCUT2D eigenvalue weighted by Gasteiger charge is -2.33. The van der Waals surface area contributed by atoms with E-state index >= 15 is 0 Å². The zero-order valence-corrected chi connectivity index (χ0v) is 13.2. The normalized spacial score (nSPS) is 16.1. The third-order valence-electron chi connectivity index (χ3n) is 3.00. The number of hydrogen-bond acceptors (Lipinski definition) is 4. The van der Waals surface area contributed by atoms with Crippen LogP contribution in [0.4, 0.5) is 22.0 Å². The third-order valence-corrected chi connectivity index (χ3v) is 3.91. The second-order valence-corrected chi connectivity index (χ2v) is 6.16. The molecule has 0 saturated carbocycles. The Balaban J connectivity index is 2.35. The smallest absolute Gasteiger partial charge is 0.456 e. The van der Waals surface area contributed by atoms with Gasteiger partial charge in [0.2, 0.25) is 0 Å². The fourth-order valence-electron chi connectivity index (χ4n) is 1.87. The van der Waals surface area contributed by atoms with Crippen LogP contribution in [0, 0.1) is 0 Å². The van der Waals surface area contributed by atoms with Gasteiger partial charge in [-0.3, -0.25) is 9.09 Å². The van der Waals surface area contributed by atoms with Gasteiger partial charge in [0.25, 0.3) is 0 Å². The Morgan fingerprint density at radius 2 is 1.36 bits per heavy atom. The third kappa shape index (κ3) is 4.78. The van der Waals surface area contributed by atoms with Crippen molar-refractivity contribution >= 4 is 7.82 Å². The number of phosphoric ester groups is 1. The van der Waals surface area contributed by atoms with E-state index in [1.165, 1.54) is 48.5 Å². The van der Waals surface area contributed by atoms with Crippen LogP contribution in [0.25, 0.3) is 0 Å². The summed E-state index contributed by atoms with van der Waals surface area (Å²) in [6.07, 6.45) is -9.15. The van der Waals surface area contributed by atoms with E-state index in [4.69, 9.17) is 0 Å². The van der Waals surface area contributed by atoms with Gasteiger partial charge < -0.3 is 9.42 Å². The van der Waals surface area contributed by atoms with Crippen LogP contribution < -0.4 is 9.42 Å². The summed E-state index contributed by atoms with van der Waals surface area (Å²) in [5, 5.41) is 0. The topological polar surface area (TPSA) is 58.6 Å². The van der Waals surface area contributed by atoms with Gasteiger partial charge in [0, 0.05) is 0 Å². The van der Waals surface area contributed by atoms with Crippen LogP contribution in [0.2, 0.25) is 0 Å². The molecule has 0 aliphatic rings. The van der Waals surface area contributed by atoms with E-state index in [2.05, 4.69) is 9.05 Å². The summed E-state index contributed by atoms with van der Waals surface area (Å²) in [5.41, 5.74) is -0.669. The Labute approximate surface area is 139 Å². The first-order valence-electron chi connectivity index (χ1n) is 6.76. The van der Waals surface area contributed by atoms with Gasteiger partial charge in [-0.15, -0.1) is 0 Å². The van der Waals surface area contributed by atoms with Crippen molar-refractivity contribution in [2.45, 2.75) is 18.2 Å². The van der Waals surface area contributed by atoms with Crippen LogP contribution in [0.15, 0.2) is 60.7 Å². The maximum absolute atomic E-state index is 13.8. The number of rotatable bonds is 6. The van der Waals surface area contributed by atoms with Gasteiger partial charge in [0.1, 0.15) is 5.75 Å². The van der Waals surface area contributed by atoms with E-state index in [0.717, 1.165) is 12.1 Å². The second kappa shape index (κ2) is 7.11. The van der Waals surface area contributed by atoms with Crippen molar-refractivity contribution < 1.29 is 40.5 Å². The fraction of sp³-hybridized carbons (Fsp3) is 0.200. The van der Waals surface area contributed by atoms with Gasteiger partial charge in [-0.25, -0.2) is 0 Å². The van der Waals surface area contributed by atoms with Crippen molar-refractivity contribution in [3.63, 3.8) is 0 Å². The minimum Gasteiger partial charge on any atom is -0.746 e. The zero-order chi connectivity index (χ0) is 18.7. The monoisotopic (exact) mass is 381 g/mol. The van der Waals surface area contributed by atoms with Crippen molar-refractivity contribution in [2.24, 2.45) is 0 Å². The van der Waals surface area contributed by atoms with Gasteiger partial charge in [-0.2, -0.15) is 22.0 Å². The van der Waals surface area contributed by atoms with E-state index in [0.29, 0.717) is 0 Å².